The second-order valence-corrected chi connectivity index (χ2v) is 18.7. The molecule has 1 atom stereocenters. The minimum Gasteiger partial charge on any atom is -0.313 e. The van der Waals surface area contributed by atoms with E-state index >= 15 is 0 Å². The lowest BCUT2D eigenvalue weighted by Crippen LogP contribution is -2.55. The van der Waals surface area contributed by atoms with E-state index in [9.17, 15) is 0 Å². The van der Waals surface area contributed by atoms with Crippen molar-refractivity contribution in [3.05, 3.63) is 186 Å². The molecule has 2 heteroatoms. The predicted octanol–water partition coefficient (Wildman–Crippen LogP) is 14.8. The van der Waals surface area contributed by atoms with Gasteiger partial charge in [-0.15, -0.1) is 0 Å². The summed E-state index contributed by atoms with van der Waals surface area (Å²) < 4.78 is 2.51. The zero-order valence-electron chi connectivity index (χ0n) is 33.7. The van der Waals surface area contributed by atoms with Crippen molar-refractivity contribution >= 4 is 44.8 Å². The van der Waals surface area contributed by atoms with Crippen molar-refractivity contribution in [2.45, 2.75) is 50.9 Å². The predicted molar refractivity (Wildman–Crippen MR) is 246 cm³/mol. The van der Waals surface area contributed by atoms with Crippen LogP contribution in [0.15, 0.2) is 164 Å². The Labute approximate surface area is 347 Å². The normalized spacial score (nSPS) is 24.5. The number of allylic oxidation sites excluding steroid dienone is 1. The summed E-state index contributed by atoms with van der Waals surface area (Å²) in [5.41, 5.74) is 17.6. The third kappa shape index (κ3) is 4.93. The Morgan fingerprint density at radius 2 is 1.19 bits per heavy atom. The van der Waals surface area contributed by atoms with Gasteiger partial charge >= 0.3 is 0 Å². The summed E-state index contributed by atoms with van der Waals surface area (Å²) in [7, 11) is 0. The third-order valence-corrected chi connectivity index (χ3v) is 15.5. The second-order valence-electron chi connectivity index (χ2n) is 18.7. The summed E-state index contributed by atoms with van der Waals surface area (Å²) in [6.07, 6.45) is 12.8. The molecule has 0 aliphatic heterocycles. The standard InChI is InChI=1S/C57H48N2/c1-36-14-26-52-51-11-5-7-13-55(51)59(56(52)28-36)47-23-21-46(22-24-47)58(45-19-17-40(18-20-45)42-16-15-39-8-2-3-9-41(39)34-42)48-25-27-50-49-10-4-6-12-53(49)57(54(50)35-48)43-30-37-29-38(32-43)33-44(57)31-37/h2-27,34-38,43-44H,28-33H2,1H3. The number of nitrogens with zero attached hydrogens (tertiary/aromatic N) is 2. The number of para-hydroxylation sites is 1. The maximum Gasteiger partial charge on any atom is 0.0537 e. The molecule has 6 aliphatic carbocycles. The lowest BCUT2D eigenvalue weighted by Gasteiger charge is -2.61. The fourth-order valence-corrected chi connectivity index (χ4v) is 13.3. The van der Waals surface area contributed by atoms with Crippen LogP contribution in [0.2, 0.25) is 0 Å². The van der Waals surface area contributed by atoms with Gasteiger partial charge in [0.1, 0.15) is 0 Å². The molecule has 286 valence electrons. The molecular weight excluding hydrogens is 713 g/mol. The minimum atomic E-state index is 0.116. The first-order valence-electron chi connectivity index (χ1n) is 22.1. The van der Waals surface area contributed by atoms with Crippen molar-refractivity contribution in [3.63, 3.8) is 0 Å². The largest absolute Gasteiger partial charge is 0.313 e. The van der Waals surface area contributed by atoms with Crippen LogP contribution >= 0.6 is 0 Å². The molecular formula is C57H48N2. The Kier molecular flexibility index (Phi) is 7.27. The van der Waals surface area contributed by atoms with Gasteiger partial charge in [0, 0.05) is 44.8 Å². The Balaban J connectivity index is 0.961. The van der Waals surface area contributed by atoms with Crippen molar-refractivity contribution in [1.29, 1.82) is 0 Å². The van der Waals surface area contributed by atoms with Crippen LogP contribution in [0.1, 0.15) is 61.4 Å². The molecule has 8 aromatic rings. The van der Waals surface area contributed by atoms with Gasteiger partial charge in [-0.2, -0.15) is 0 Å². The highest BCUT2D eigenvalue weighted by Crippen LogP contribution is 2.69. The van der Waals surface area contributed by atoms with Crippen LogP contribution in [0.25, 0.3) is 55.7 Å². The zero-order chi connectivity index (χ0) is 38.8. The minimum absolute atomic E-state index is 0.116. The van der Waals surface area contributed by atoms with E-state index in [2.05, 4.69) is 186 Å². The zero-order valence-corrected chi connectivity index (χ0v) is 33.7. The smallest absolute Gasteiger partial charge is 0.0537 e. The van der Waals surface area contributed by atoms with E-state index in [0.717, 1.165) is 30.1 Å². The van der Waals surface area contributed by atoms with Crippen molar-refractivity contribution < 1.29 is 0 Å². The Morgan fingerprint density at radius 1 is 0.542 bits per heavy atom. The number of rotatable bonds is 5. The van der Waals surface area contributed by atoms with Gasteiger partial charge in [0.15, 0.2) is 0 Å². The number of anilines is 3. The van der Waals surface area contributed by atoms with Gasteiger partial charge in [-0.25, -0.2) is 0 Å². The van der Waals surface area contributed by atoms with Crippen LogP contribution in [0, 0.1) is 29.6 Å². The van der Waals surface area contributed by atoms with Crippen molar-refractivity contribution in [3.8, 4) is 27.9 Å². The summed E-state index contributed by atoms with van der Waals surface area (Å²) in [6, 6.07) is 60.1. The summed E-state index contributed by atoms with van der Waals surface area (Å²) in [6.45, 7) is 2.33. The average molecular weight is 761 g/mol. The Bertz CT molecular complexity index is 2970. The Hall–Kier alpha value is -6.12. The van der Waals surface area contributed by atoms with E-state index < -0.39 is 0 Å². The first-order chi connectivity index (χ1) is 29.1. The van der Waals surface area contributed by atoms with Gasteiger partial charge in [-0.1, -0.05) is 116 Å². The highest BCUT2D eigenvalue weighted by atomic mass is 15.1. The second kappa shape index (κ2) is 12.7. The summed E-state index contributed by atoms with van der Waals surface area (Å²) >= 11 is 0. The van der Waals surface area contributed by atoms with Crippen LogP contribution in [0.5, 0.6) is 0 Å². The number of hydrogen-bond donors (Lipinski definition) is 0. The molecule has 7 aromatic carbocycles. The number of aromatic nitrogens is 1. The summed E-state index contributed by atoms with van der Waals surface area (Å²) in [5, 5.41) is 3.88. The molecule has 0 N–H and O–H groups in total. The monoisotopic (exact) mass is 760 g/mol. The molecule has 4 fully saturated rings. The maximum atomic E-state index is 2.63. The van der Waals surface area contributed by atoms with Gasteiger partial charge < -0.3 is 9.47 Å². The van der Waals surface area contributed by atoms with Gasteiger partial charge in [-0.3, -0.25) is 0 Å². The fraction of sp³-hybridized carbons (Fsp3) is 0.228. The van der Waals surface area contributed by atoms with E-state index in [1.807, 2.05) is 0 Å². The molecule has 6 aliphatic rings. The fourth-order valence-electron chi connectivity index (χ4n) is 13.3. The number of fused-ring (bicyclic) bond motifs is 7. The summed E-state index contributed by atoms with van der Waals surface area (Å²) in [5.74, 6) is 3.80. The molecule has 4 saturated carbocycles. The molecule has 1 aromatic heterocycles. The molecule has 0 radical (unpaired) electrons. The molecule has 1 heterocycles. The molecule has 59 heavy (non-hydrogen) atoms. The number of benzene rings is 7. The molecule has 4 bridgehead atoms. The molecule has 0 amide bonds. The van der Waals surface area contributed by atoms with Gasteiger partial charge in [-0.05, 0) is 173 Å². The lowest BCUT2D eigenvalue weighted by molar-refractivity contribution is -0.0399. The quantitative estimate of drug-likeness (QED) is 0.170. The van der Waals surface area contributed by atoms with Crippen molar-refractivity contribution in [1.82, 2.24) is 4.57 Å². The van der Waals surface area contributed by atoms with E-state index in [4.69, 9.17) is 0 Å². The van der Waals surface area contributed by atoms with Crippen molar-refractivity contribution in [2.75, 3.05) is 4.90 Å². The molecule has 14 rings (SSSR count). The van der Waals surface area contributed by atoms with Gasteiger partial charge in [0.05, 0.1) is 5.52 Å². The van der Waals surface area contributed by atoms with E-state index in [1.54, 1.807) is 11.1 Å². The van der Waals surface area contributed by atoms with Crippen LogP contribution in [-0.2, 0) is 11.8 Å². The lowest BCUT2D eigenvalue weighted by atomic mass is 9.43. The average Bonchev–Trinajstić information content (AvgIpc) is 3.75. The molecule has 2 nitrogen and oxygen atoms in total. The highest BCUT2D eigenvalue weighted by Gasteiger charge is 2.61. The van der Waals surface area contributed by atoms with Crippen LogP contribution in [-0.4, -0.2) is 4.57 Å². The topological polar surface area (TPSA) is 8.17 Å². The van der Waals surface area contributed by atoms with Gasteiger partial charge in [0.2, 0.25) is 0 Å². The first-order valence-corrected chi connectivity index (χ1v) is 22.1. The molecule has 0 saturated heterocycles. The summed E-state index contributed by atoms with van der Waals surface area (Å²) in [4.78, 5) is 2.52. The maximum absolute atomic E-state index is 2.63. The van der Waals surface area contributed by atoms with Crippen molar-refractivity contribution in [2.24, 2.45) is 29.6 Å². The van der Waals surface area contributed by atoms with Gasteiger partial charge in [0.25, 0.3) is 0 Å². The van der Waals surface area contributed by atoms with Crippen LogP contribution < -0.4 is 4.90 Å². The Morgan fingerprint density at radius 3 is 1.98 bits per heavy atom. The van der Waals surface area contributed by atoms with E-state index in [0.29, 0.717) is 5.92 Å². The highest BCUT2D eigenvalue weighted by molar-refractivity contribution is 5.94. The number of hydrogen-bond acceptors (Lipinski definition) is 1. The van der Waals surface area contributed by atoms with Crippen LogP contribution in [0.4, 0.5) is 17.1 Å². The first kappa shape index (κ1) is 33.8. The van der Waals surface area contributed by atoms with E-state index in [-0.39, 0.29) is 5.41 Å². The van der Waals surface area contributed by atoms with Crippen LogP contribution in [0.3, 0.4) is 0 Å². The van der Waals surface area contributed by atoms with E-state index in [1.165, 1.54) is 110 Å². The SMILES string of the molecule is CC1C=Cc2c(n(-c3ccc(N(c4ccc(-c5ccc6ccccc6c5)cc4)c4ccc5c(c4)C4(c6ccccc6-5)C5CC6CC(C5)CC4C6)cc3)c3ccccc23)C1. The molecule has 1 spiro atoms. The third-order valence-electron chi connectivity index (χ3n) is 15.5. The molecule has 1 unspecified atom stereocenters.